The van der Waals surface area contributed by atoms with Gasteiger partial charge in [0.15, 0.2) is 0 Å². The summed E-state index contributed by atoms with van der Waals surface area (Å²) < 4.78 is 0. The van der Waals surface area contributed by atoms with E-state index >= 15 is 0 Å². The standard InChI is InChI=1S/C12H17NO2S2/c1-16-10-5-3-4-8(12(10)17-2)9(13)6-7-11(14)15/h3-5,9H,6-7,13H2,1-2H3,(H,14,15). The van der Waals surface area contributed by atoms with Crippen LogP contribution in [0.3, 0.4) is 0 Å². The largest absolute Gasteiger partial charge is 0.481 e. The number of carboxylic acid groups (broad SMARTS) is 1. The fourth-order valence-electron chi connectivity index (χ4n) is 1.64. The van der Waals surface area contributed by atoms with Crippen LogP contribution in [0.15, 0.2) is 28.0 Å². The summed E-state index contributed by atoms with van der Waals surface area (Å²) in [7, 11) is 0. The zero-order valence-corrected chi connectivity index (χ0v) is 11.6. The SMILES string of the molecule is CSc1cccc(C(N)CCC(=O)O)c1SC. The van der Waals surface area contributed by atoms with Crippen LogP contribution in [0.2, 0.25) is 0 Å². The minimum Gasteiger partial charge on any atom is -0.481 e. The van der Waals surface area contributed by atoms with Crippen molar-refractivity contribution in [2.75, 3.05) is 12.5 Å². The highest BCUT2D eigenvalue weighted by molar-refractivity contribution is 8.01. The number of hydrogen-bond donors (Lipinski definition) is 2. The Morgan fingerprint density at radius 1 is 1.41 bits per heavy atom. The highest BCUT2D eigenvalue weighted by Crippen LogP contribution is 2.34. The number of aliphatic carboxylic acids is 1. The van der Waals surface area contributed by atoms with Crippen LogP contribution in [0.25, 0.3) is 0 Å². The molecule has 3 N–H and O–H groups in total. The molecule has 1 aromatic rings. The van der Waals surface area contributed by atoms with Gasteiger partial charge in [-0.25, -0.2) is 0 Å². The van der Waals surface area contributed by atoms with Gasteiger partial charge in [-0.3, -0.25) is 4.79 Å². The zero-order valence-electron chi connectivity index (χ0n) is 9.97. The number of carbonyl (C=O) groups is 1. The van der Waals surface area contributed by atoms with Crippen LogP contribution in [-0.4, -0.2) is 23.6 Å². The molecule has 0 aliphatic rings. The highest BCUT2D eigenvalue weighted by Gasteiger charge is 2.14. The van der Waals surface area contributed by atoms with Gasteiger partial charge in [0.25, 0.3) is 0 Å². The quantitative estimate of drug-likeness (QED) is 0.779. The maximum Gasteiger partial charge on any atom is 0.303 e. The molecule has 0 aromatic heterocycles. The van der Waals surface area contributed by atoms with Crippen LogP contribution in [0.5, 0.6) is 0 Å². The Morgan fingerprint density at radius 2 is 2.12 bits per heavy atom. The predicted molar refractivity (Wildman–Crippen MR) is 73.8 cm³/mol. The first-order chi connectivity index (χ1) is 8.10. The molecule has 0 radical (unpaired) electrons. The Hall–Kier alpha value is -0.650. The van der Waals surface area contributed by atoms with E-state index in [2.05, 4.69) is 6.07 Å². The molecule has 0 saturated carbocycles. The molecule has 0 bridgehead atoms. The van der Waals surface area contributed by atoms with E-state index in [-0.39, 0.29) is 12.5 Å². The number of benzene rings is 1. The molecule has 1 atom stereocenters. The maximum absolute atomic E-state index is 10.5. The summed E-state index contributed by atoms with van der Waals surface area (Å²) in [5, 5.41) is 8.67. The van der Waals surface area contributed by atoms with Crippen molar-refractivity contribution in [3.63, 3.8) is 0 Å². The van der Waals surface area contributed by atoms with Crippen molar-refractivity contribution in [2.45, 2.75) is 28.7 Å². The summed E-state index contributed by atoms with van der Waals surface area (Å²) in [5.41, 5.74) is 7.10. The van der Waals surface area contributed by atoms with Gasteiger partial charge in [-0.1, -0.05) is 12.1 Å². The van der Waals surface area contributed by atoms with Gasteiger partial charge in [0.1, 0.15) is 0 Å². The molecule has 94 valence electrons. The molecular formula is C12H17NO2S2. The molecule has 1 unspecified atom stereocenters. The van der Waals surface area contributed by atoms with Gasteiger partial charge >= 0.3 is 5.97 Å². The van der Waals surface area contributed by atoms with E-state index in [1.807, 2.05) is 24.6 Å². The number of rotatable bonds is 6. The van der Waals surface area contributed by atoms with Gasteiger partial charge in [0, 0.05) is 22.3 Å². The van der Waals surface area contributed by atoms with E-state index in [4.69, 9.17) is 10.8 Å². The minimum absolute atomic E-state index is 0.110. The van der Waals surface area contributed by atoms with E-state index in [9.17, 15) is 4.79 Å². The molecule has 0 fully saturated rings. The lowest BCUT2D eigenvalue weighted by molar-refractivity contribution is -0.137. The molecule has 1 rings (SSSR count). The normalized spacial score (nSPS) is 12.4. The Labute approximate surface area is 110 Å². The Balaban J connectivity index is 2.92. The van der Waals surface area contributed by atoms with Crippen molar-refractivity contribution in [1.29, 1.82) is 0 Å². The Morgan fingerprint density at radius 3 is 2.65 bits per heavy atom. The predicted octanol–water partition coefficient (Wildman–Crippen LogP) is 3.00. The van der Waals surface area contributed by atoms with Gasteiger partial charge in [-0.05, 0) is 30.6 Å². The first kappa shape index (κ1) is 14.4. The second-order valence-corrected chi connectivity index (χ2v) is 5.29. The van der Waals surface area contributed by atoms with Crippen molar-refractivity contribution in [1.82, 2.24) is 0 Å². The van der Waals surface area contributed by atoms with Crippen LogP contribution in [0.1, 0.15) is 24.4 Å². The third-order valence-electron chi connectivity index (χ3n) is 2.50. The average Bonchev–Trinajstić information content (AvgIpc) is 2.34. The minimum atomic E-state index is -0.799. The molecular weight excluding hydrogens is 254 g/mol. The van der Waals surface area contributed by atoms with E-state index < -0.39 is 5.97 Å². The van der Waals surface area contributed by atoms with Gasteiger partial charge in [-0.2, -0.15) is 0 Å². The van der Waals surface area contributed by atoms with Crippen LogP contribution in [-0.2, 0) is 4.79 Å². The summed E-state index contributed by atoms with van der Waals surface area (Å²) in [6.45, 7) is 0. The van der Waals surface area contributed by atoms with Gasteiger partial charge in [0.2, 0.25) is 0 Å². The molecule has 0 spiro atoms. The van der Waals surface area contributed by atoms with Gasteiger partial charge < -0.3 is 10.8 Å². The van der Waals surface area contributed by atoms with Gasteiger partial charge in [-0.15, -0.1) is 23.5 Å². The monoisotopic (exact) mass is 271 g/mol. The average molecular weight is 271 g/mol. The summed E-state index contributed by atoms with van der Waals surface area (Å²) in [6.07, 6.45) is 4.63. The first-order valence-corrected chi connectivity index (χ1v) is 7.73. The maximum atomic E-state index is 10.5. The fraction of sp³-hybridized carbons (Fsp3) is 0.417. The van der Waals surface area contributed by atoms with Crippen molar-refractivity contribution >= 4 is 29.5 Å². The van der Waals surface area contributed by atoms with Crippen molar-refractivity contribution < 1.29 is 9.90 Å². The Kier molecular flexibility index (Phi) is 5.88. The van der Waals surface area contributed by atoms with Crippen molar-refractivity contribution in [2.24, 2.45) is 5.73 Å². The molecule has 0 heterocycles. The van der Waals surface area contributed by atoms with Gasteiger partial charge in [0.05, 0.1) is 0 Å². The summed E-state index contributed by atoms with van der Waals surface area (Å²) in [5.74, 6) is -0.799. The topological polar surface area (TPSA) is 63.3 Å². The summed E-state index contributed by atoms with van der Waals surface area (Å²) in [4.78, 5) is 12.9. The second-order valence-electron chi connectivity index (χ2n) is 3.62. The van der Waals surface area contributed by atoms with Crippen molar-refractivity contribution in [3.05, 3.63) is 23.8 Å². The van der Waals surface area contributed by atoms with Crippen LogP contribution in [0, 0.1) is 0 Å². The molecule has 3 nitrogen and oxygen atoms in total. The lowest BCUT2D eigenvalue weighted by atomic mass is 10.0. The molecule has 17 heavy (non-hydrogen) atoms. The van der Waals surface area contributed by atoms with Crippen LogP contribution < -0.4 is 5.73 Å². The number of carboxylic acids is 1. The van der Waals surface area contributed by atoms with E-state index in [0.717, 1.165) is 10.5 Å². The Bertz CT molecular complexity index is 396. The fourth-order valence-corrected chi connectivity index (χ4v) is 3.38. The molecule has 0 amide bonds. The number of thioether (sulfide) groups is 2. The van der Waals surface area contributed by atoms with Crippen LogP contribution in [0.4, 0.5) is 0 Å². The molecule has 0 aliphatic heterocycles. The summed E-state index contributed by atoms with van der Waals surface area (Å²) in [6, 6.07) is 5.81. The van der Waals surface area contributed by atoms with Crippen molar-refractivity contribution in [3.8, 4) is 0 Å². The van der Waals surface area contributed by atoms with E-state index in [1.54, 1.807) is 23.5 Å². The smallest absolute Gasteiger partial charge is 0.303 e. The summed E-state index contributed by atoms with van der Waals surface area (Å²) >= 11 is 3.34. The number of hydrogen-bond acceptors (Lipinski definition) is 4. The van der Waals surface area contributed by atoms with Crippen LogP contribution >= 0.6 is 23.5 Å². The lowest BCUT2D eigenvalue weighted by Crippen LogP contribution is -2.13. The zero-order chi connectivity index (χ0) is 12.8. The first-order valence-electron chi connectivity index (χ1n) is 5.28. The second kappa shape index (κ2) is 6.93. The third kappa shape index (κ3) is 3.94. The molecule has 1 aromatic carbocycles. The molecule has 5 heteroatoms. The third-order valence-corrected chi connectivity index (χ3v) is 4.28. The highest BCUT2D eigenvalue weighted by atomic mass is 32.2. The molecule has 0 aliphatic carbocycles. The molecule has 0 saturated heterocycles. The van der Waals surface area contributed by atoms with E-state index in [0.29, 0.717) is 6.42 Å². The van der Waals surface area contributed by atoms with E-state index in [1.165, 1.54) is 4.90 Å². The lowest BCUT2D eigenvalue weighted by Gasteiger charge is -2.16. The number of nitrogens with two attached hydrogens (primary N) is 1.